The molecule has 0 spiro atoms. The molecule has 11 heteroatoms. The normalized spacial score (nSPS) is 21.1. The number of nitrogens with one attached hydrogen (secondary N) is 1. The van der Waals surface area contributed by atoms with Gasteiger partial charge in [0.25, 0.3) is 5.91 Å². The summed E-state index contributed by atoms with van der Waals surface area (Å²) in [7, 11) is 4.02. The van der Waals surface area contributed by atoms with Crippen molar-refractivity contribution in [1.82, 2.24) is 14.9 Å². The molecule has 2 bridgehead atoms. The molecule has 2 N–H and O–H groups in total. The van der Waals surface area contributed by atoms with Crippen molar-refractivity contribution in [2.45, 2.75) is 25.1 Å². The van der Waals surface area contributed by atoms with Gasteiger partial charge >= 0.3 is 0 Å². The predicted molar refractivity (Wildman–Crippen MR) is 146 cm³/mol. The van der Waals surface area contributed by atoms with Crippen LogP contribution in [0.5, 0.6) is 0 Å². The number of nitrogens with zero attached hydrogens (tertiary/aromatic N) is 6. The molecular formula is C26H27Cl2N7O2. The molecule has 0 aliphatic carbocycles. The lowest BCUT2D eigenvalue weighted by Crippen LogP contribution is -2.46. The highest BCUT2D eigenvalue weighted by Crippen LogP contribution is 2.39. The quantitative estimate of drug-likeness (QED) is 0.503. The van der Waals surface area contributed by atoms with Crippen LogP contribution in [-0.4, -0.2) is 71.8 Å². The number of para-hydroxylation sites is 1. The zero-order valence-corrected chi connectivity index (χ0v) is 22.0. The van der Waals surface area contributed by atoms with E-state index < -0.39 is 0 Å². The van der Waals surface area contributed by atoms with Crippen molar-refractivity contribution < 1.29 is 9.90 Å². The zero-order valence-electron chi connectivity index (χ0n) is 20.5. The average Bonchev–Trinajstić information content (AvgIpc) is 3.46. The summed E-state index contributed by atoms with van der Waals surface area (Å²) in [4.78, 5) is 30.5. The predicted octanol–water partition coefficient (Wildman–Crippen LogP) is 3.97. The molecule has 0 saturated carbocycles. The second-order valence-electron chi connectivity index (χ2n) is 9.84. The molecule has 2 saturated heterocycles. The van der Waals surface area contributed by atoms with Crippen molar-refractivity contribution in [2.75, 3.05) is 53.9 Å². The molecule has 2 atom stereocenters. The van der Waals surface area contributed by atoms with Gasteiger partial charge < -0.3 is 20.2 Å². The Labute approximate surface area is 225 Å². The summed E-state index contributed by atoms with van der Waals surface area (Å²) in [5.74, 6) is 0.603. The second-order valence-corrected chi connectivity index (χ2v) is 10.7. The summed E-state index contributed by atoms with van der Waals surface area (Å²) in [6.07, 6.45) is 2.68. The van der Waals surface area contributed by atoms with E-state index in [0.29, 0.717) is 45.1 Å². The molecule has 3 aliphatic rings. The third-order valence-corrected chi connectivity index (χ3v) is 8.11. The Morgan fingerprint density at radius 1 is 1.11 bits per heavy atom. The van der Waals surface area contributed by atoms with E-state index in [0.717, 1.165) is 36.4 Å². The fourth-order valence-electron chi connectivity index (χ4n) is 5.64. The first kappa shape index (κ1) is 24.2. The topological polar surface area (TPSA) is 88.1 Å². The van der Waals surface area contributed by atoms with Crippen molar-refractivity contribution in [3.05, 3.63) is 63.8 Å². The average molecular weight is 540 g/mol. The molecule has 4 heterocycles. The van der Waals surface area contributed by atoms with Gasteiger partial charge in [0.15, 0.2) is 0 Å². The summed E-state index contributed by atoms with van der Waals surface area (Å²) in [6.45, 7) is 2.20. The van der Waals surface area contributed by atoms with Crippen molar-refractivity contribution in [1.29, 1.82) is 0 Å². The number of aliphatic hydroxyl groups excluding tert-OH is 1. The van der Waals surface area contributed by atoms with Crippen LogP contribution in [0.25, 0.3) is 0 Å². The third-order valence-electron chi connectivity index (χ3n) is 7.50. The molecule has 3 aromatic rings. The number of aliphatic hydroxyl groups is 1. The Hall–Kier alpha value is -3.11. The Morgan fingerprint density at radius 3 is 2.57 bits per heavy atom. The number of aromatic nitrogens is 2. The molecule has 1 amide bonds. The number of hydrogen-bond acceptors (Lipinski definition) is 8. The number of amides is 1. The van der Waals surface area contributed by atoms with Gasteiger partial charge in [-0.15, -0.1) is 0 Å². The van der Waals surface area contributed by atoms with Crippen LogP contribution >= 0.6 is 23.2 Å². The maximum atomic E-state index is 13.3. The van der Waals surface area contributed by atoms with Crippen molar-refractivity contribution in [3.8, 4) is 0 Å². The van der Waals surface area contributed by atoms with E-state index >= 15 is 0 Å². The van der Waals surface area contributed by atoms with E-state index in [2.05, 4.69) is 32.1 Å². The lowest BCUT2D eigenvalue weighted by atomic mass is 10.1. The molecule has 1 aromatic heterocycles. The zero-order chi connectivity index (χ0) is 25.8. The van der Waals surface area contributed by atoms with Gasteiger partial charge in [0.05, 0.1) is 29.0 Å². The first-order chi connectivity index (χ1) is 17.8. The number of benzene rings is 2. The van der Waals surface area contributed by atoms with Gasteiger partial charge in [0.1, 0.15) is 11.4 Å². The molecule has 192 valence electrons. The van der Waals surface area contributed by atoms with Crippen LogP contribution in [0.3, 0.4) is 0 Å². The van der Waals surface area contributed by atoms with Crippen LogP contribution < -0.4 is 20.0 Å². The number of hydrogen-bond donors (Lipinski definition) is 2. The van der Waals surface area contributed by atoms with E-state index in [9.17, 15) is 9.90 Å². The highest BCUT2D eigenvalue weighted by molar-refractivity contribution is 6.40. The molecule has 2 fully saturated rings. The van der Waals surface area contributed by atoms with Crippen LogP contribution in [0.1, 0.15) is 22.3 Å². The lowest BCUT2D eigenvalue weighted by molar-refractivity contribution is 0.0982. The molecule has 0 radical (unpaired) electrons. The molecule has 37 heavy (non-hydrogen) atoms. The molecule has 2 aromatic carbocycles. The smallest absolute Gasteiger partial charge is 0.265 e. The van der Waals surface area contributed by atoms with Gasteiger partial charge in [-0.3, -0.25) is 14.6 Å². The van der Waals surface area contributed by atoms with E-state index in [4.69, 9.17) is 23.2 Å². The Morgan fingerprint density at radius 2 is 1.89 bits per heavy atom. The van der Waals surface area contributed by atoms with Crippen LogP contribution in [0.4, 0.5) is 28.8 Å². The minimum absolute atomic E-state index is 0.0582. The fraction of sp³-hybridized carbons (Fsp3) is 0.346. The van der Waals surface area contributed by atoms with Gasteiger partial charge in [0.2, 0.25) is 5.95 Å². The van der Waals surface area contributed by atoms with Gasteiger partial charge in [-0.05, 0) is 43.8 Å². The van der Waals surface area contributed by atoms with Crippen LogP contribution in [-0.2, 0) is 6.61 Å². The second kappa shape index (κ2) is 9.33. The summed E-state index contributed by atoms with van der Waals surface area (Å²) in [5, 5.41) is 14.1. The number of halogens is 2. The number of likely N-dealkylation sites (N-methyl/N-ethyl adjacent to an activating group) is 1. The fourth-order valence-corrected chi connectivity index (χ4v) is 6.24. The molecule has 9 nitrogen and oxygen atoms in total. The van der Waals surface area contributed by atoms with Gasteiger partial charge in [0, 0.05) is 55.4 Å². The Bertz CT molecular complexity index is 1360. The first-order valence-electron chi connectivity index (χ1n) is 12.2. The van der Waals surface area contributed by atoms with Crippen molar-refractivity contribution >= 4 is 57.9 Å². The van der Waals surface area contributed by atoms with Crippen LogP contribution in [0.15, 0.2) is 42.6 Å². The Kier molecular flexibility index (Phi) is 6.11. The SMILES string of the molecule is CN1CN(c2c(Cl)cccc2Cl)C(=O)c2cnc(Nc3ccc(N4CC5CC4CN5C)c(CO)c3)nc21. The first-order valence-corrected chi connectivity index (χ1v) is 12.9. The minimum atomic E-state index is -0.271. The summed E-state index contributed by atoms with van der Waals surface area (Å²) in [5.41, 5.74) is 3.52. The van der Waals surface area contributed by atoms with E-state index in [1.807, 2.05) is 30.1 Å². The van der Waals surface area contributed by atoms with E-state index in [1.54, 1.807) is 18.2 Å². The Balaban J connectivity index is 1.24. The highest BCUT2D eigenvalue weighted by atomic mass is 35.5. The van der Waals surface area contributed by atoms with E-state index in [1.165, 1.54) is 11.1 Å². The van der Waals surface area contributed by atoms with Gasteiger partial charge in [-0.2, -0.15) is 4.98 Å². The molecule has 6 rings (SSSR count). The number of carbonyl (C=O) groups is 1. The highest BCUT2D eigenvalue weighted by Gasteiger charge is 2.42. The summed E-state index contributed by atoms with van der Waals surface area (Å²) < 4.78 is 0. The lowest BCUT2D eigenvalue weighted by Gasteiger charge is -2.35. The summed E-state index contributed by atoms with van der Waals surface area (Å²) in [6, 6.07) is 12.2. The number of likely N-dealkylation sites (tertiary alicyclic amines) is 1. The minimum Gasteiger partial charge on any atom is -0.392 e. The number of piperazine rings is 1. The largest absolute Gasteiger partial charge is 0.392 e. The van der Waals surface area contributed by atoms with Crippen LogP contribution in [0, 0.1) is 0 Å². The standard InChI is InChI=1S/C26H27Cl2N7O2/c1-32-11-18-9-17(32)12-34(18)22-7-6-16(8-15(22)13-36)30-26-29-10-19-24(31-26)33(2)14-35(25(19)37)23-20(27)4-3-5-21(23)28/h3-8,10,17-18,36H,9,11-14H2,1-2H3,(H,29,30,31). The van der Waals surface area contributed by atoms with E-state index in [-0.39, 0.29) is 19.2 Å². The number of rotatable bonds is 5. The summed E-state index contributed by atoms with van der Waals surface area (Å²) >= 11 is 12.7. The maximum absolute atomic E-state index is 13.3. The third kappa shape index (κ3) is 4.16. The van der Waals surface area contributed by atoms with Crippen molar-refractivity contribution in [3.63, 3.8) is 0 Å². The molecule has 2 unspecified atom stereocenters. The van der Waals surface area contributed by atoms with Crippen LogP contribution in [0.2, 0.25) is 10.0 Å². The van der Waals surface area contributed by atoms with Crippen molar-refractivity contribution in [2.24, 2.45) is 0 Å². The molecular weight excluding hydrogens is 513 g/mol. The number of fused-ring (bicyclic) bond motifs is 3. The number of carbonyl (C=O) groups excluding carboxylic acids is 1. The van der Waals surface area contributed by atoms with Gasteiger partial charge in [-0.25, -0.2) is 4.98 Å². The van der Waals surface area contributed by atoms with Gasteiger partial charge in [-0.1, -0.05) is 29.3 Å². The number of anilines is 5. The molecule has 3 aliphatic heterocycles. The maximum Gasteiger partial charge on any atom is 0.265 e. The monoisotopic (exact) mass is 539 g/mol.